The molecule has 4 rings (SSSR count). The molecule has 3 N–H and O–H groups in total. The molecule has 3 aromatic carbocycles. The molecule has 0 atom stereocenters. The first-order valence-electron chi connectivity index (χ1n) is 11.7. The number of anilines is 3. The Balaban J connectivity index is 0.000000559. The van der Waals surface area contributed by atoms with Crippen molar-refractivity contribution >= 4 is 50.6 Å². The molecule has 1 aliphatic rings. The van der Waals surface area contributed by atoms with Gasteiger partial charge in [0, 0.05) is 36.9 Å². The molecular formula is C26H25ClF3N3O6S. The number of hydrogen-bond donors (Lipinski definition) is 3. The molecule has 214 valence electrons. The second-order valence-corrected chi connectivity index (χ2v) is 10.8. The lowest BCUT2D eigenvalue weighted by molar-refractivity contribution is -0.192. The summed E-state index contributed by atoms with van der Waals surface area (Å²) in [4.78, 5) is 24.8. The molecule has 3 aromatic rings. The van der Waals surface area contributed by atoms with Crippen LogP contribution in [0.3, 0.4) is 0 Å². The first-order chi connectivity index (χ1) is 18.7. The molecule has 1 aliphatic heterocycles. The van der Waals surface area contributed by atoms with E-state index in [4.69, 9.17) is 21.5 Å². The molecule has 0 unspecified atom stereocenters. The highest BCUT2D eigenvalue weighted by atomic mass is 35.5. The quantitative estimate of drug-likeness (QED) is 0.357. The van der Waals surface area contributed by atoms with Crippen LogP contribution in [0.15, 0.2) is 71.6 Å². The monoisotopic (exact) mass is 599 g/mol. The van der Waals surface area contributed by atoms with Gasteiger partial charge in [-0.1, -0.05) is 35.9 Å². The van der Waals surface area contributed by atoms with Crippen molar-refractivity contribution in [2.45, 2.75) is 18.0 Å². The predicted molar refractivity (Wildman–Crippen MR) is 145 cm³/mol. The van der Waals surface area contributed by atoms with Crippen LogP contribution in [0.5, 0.6) is 0 Å². The maximum Gasteiger partial charge on any atom is 0.490 e. The number of benzene rings is 3. The average molecular weight is 600 g/mol. The van der Waals surface area contributed by atoms with Crippen molar-refractivity contribution < 1.29 is 41.4 Å². The number of piperazine rings is 1. The van der Waals surface area contributed by atoms with E-state index < -0.39 is 28.1 Å². The summed E-state index contributed by atoms with van der Waals surface area (Å²) in [5.74, 6) is -3.88. The van der Waals surface area contributed by atoms with E-state index in [2.05, 4.69) is 14.5 Å². The Morgan fingerprint density at radius 2 is 1.43 bits per heavy atom. The smallest absolute Gasteiger partial charge is 0.478 e. The zero-order chi connectivity index (χ0) is 29.7. The Hall–Kier alpha value is -3.97. The third-order valence-electron chi connectivity index (χ3n) is 5.92. The van der Waals surface area contributed by atoms with Crippen LogP contribution in [0.25, 0.3) is 0 Å². The Morgan fingerprint density at radius 1 is 0.875 bits per heavy atom. The fourth-order valence-corrected chi connectivity index (χ4v) is 5.19. The third kappa shape index (κ3) is 7.79. The molecule has 0 saturated carbocycles. The molecule has 0 radical (unpaired) electrons. The summed E-state index contributed by atoms with van der Waals surface area (Å²) in [7, 11) is -3.88. The number of hydrogen-bond acceptors (Lipinski definition) is 6. The van der Waals surface area contributed by atoms with Crippen LogP contribution in [-0.2, 0) is 14.8 Å². The lowest BCUT2D eigenvalue weighted by Crippen LogP contribution is -2.47. The Labute approximate surface area is 233 Å². The summed E-state index contributed by atoms with van der Waals surface area (Å²) >= 11 is 6.18. The van der Waals surface area contributed by atoms with Crippen LogP contribution < -0.4 is 14.5 Å². The van der Waals surface area contributed by atoms with Crippen molar-refractivity contribution in [2.75, 3.05) is 40.7 Å². The van der Waals surface area contributed by atoms with Gasteiger partial charge < -0.3 is 20.0 Å². The van der Waals surface area contributed by atoms with Gasteiger partial charge in [0.1, 0.15) is 0 Å². The Kier molecular flexibility index (Phi) is 9.53. The van der Waals surface area contributed by atoms with Crippen LogP contribution in [0.2, 0.25) is 5.02 Å². The van der Waals surface area contributed by atoms with Gasteiger partial charge in [-0.25, -0.2) is 18.0 Å². The SMILES string of the molecule is Cc1ccc(Cl)cc1N1CCN(c2ccc(C(=O)O)cc2NS(=O)(=O)c2ccccc2)CC1.O=C(O)C(F)(F)F. The maximum absolute atomic E-state index is 12.9. The molecule has 9 nitrogen and oxygen atoms in total. The van der Waals surface area contributed by atoms with Gasteiger partial charge in [-0.2, -0.15) is 13.2 Å². The molecular weight excluding hydrogens is 575 g/mol. The zero-order valence-electron chi connectivity index (χ0n) is 21.0. The van der Waals surface area contributed by atoms with E-state index >= 15 is 0 Å². The lowest BCUT2D eigenvalue weighted by atomic mass is 10.1. The average Bonchev–Trinajstić information content (AvgIpc) is 2.90. The van der Waals surface area contributed by atoms with Gasteiger partial charge >= 0.3 is 18.1 Å². The van der Waals surface area contributed by atoms with Crippen molar-refractivity contribution in [3.8, 4) is 0 Å². The number of alkyl halides is 3. The number of halogens is 4. The van der Waals surface area contributed by atoms with Gasteiger partial charge in [-0.15, -0.1) is 0 Å². The van der Waals surface area contributed by atoms with Crippen molar-refractivity contribution in [1.82, 2.24) is 0 Å². The van der Waals surface area contributed by atoms with Gasteiger partial charge in [0.2, 0.25) is 0 Å². The summed E-state index contributed by atoms with van der Waals surface area (Å²) in [5.41, 5.74) is 3.11. The van der Waals surface area contributed by atoms with E-state index in [-0.39, 0.29) is 16.1 Å². The molecule has 0 amide bonds. The highest BCUT2D eigenvalue weighted by Gasteiger charge is 2.38. The standard InChI is InChI=1S/C24H24ClN3O4S.C2HF3O2/c1-17-7-9-19(25)16-23(17)28-13-11-27(12-14-28)22-10-8-18(24(29)30)15-21(22)26-33(31,32)20-5-3-2-4-6-20;3-2(4,5)1(6)7/h2-10,15-16,26H,11-14H2,1H3,(H,29,30);(H,6,7). The Morgan fingerprint density at radius 3 is 1.95 bits per heavy atom. The minimum Gasteiger partial charge on any atom is -0.478 e. The van der Waals surface area contributed by atoms with Crippen molar-refractivity contribution in [3.63, 3.8) is 0 Å². The molecule has 14 heteroatoms. The maximum atomic E-state index is 12.9. The van der Waals surface area contributed by atoms with Crippen LogP contribution in [-0.4, -0.2) is 62.9 Å². The van der Waals surface area contributed by atoms with Gasteiger partial charge in [0.25, 0.3) is 10.0 Å². The van der Waals surface area contributed by atoms with Crippen molar-refractivity contribution in [2.24, 2.45) is 0 Å². The number of carboxylic acids is 2. The second kappa shape index (κ2) is 12.5. The van der Waals surface area contributed by atoms with Gasteiger partial charge in [0.15, 0.2) is 0 Å². The molecule has 1 saturated heterocycles. The van der Waals surface area contributed by atoms with Crippen LogP contribution >= 0.6 is 11.6 Å². The Bertz CT molecular complexity index is 1480. The van der Waals surface area contributed by atoms with E-state index in [1.807, 2.05) is 25.1 Å². The van der Waals surface area contributed by atoms with Crippen molar-refractivity contribution in [1.29, 1.82) is 0 Å². The lowest BCUT2D eigenvalue weighted by Gasteiger charge is -2.38. The van der Waals surface area contributed by atoms with Crippen LogP contribution in [0.1, 0.15) is 15.9 Å². The normalized spacial score (nSPS) is 13.7. The van der Waals surface area contributed by atoms with Crippen LogP contribution in [0.4, 0.5) is 30.2 Å². The summed E-state index contributed by atoms with van der Waals surface area (Å²) in [5, 5.41) is 17.2. The number of rotatable bonds is 6. The second-order valence-electron chi connectivity index (χ2n) is 8.66. The van der Waals surface area contributed by atoms with Gasteiger partial charge in [0.05, 0.1) is 21.8 Å². The topological polar surface area (TPSA) is 127 Å². The number of aryl methyl sites for hydroxylation is 1. The number of nitrogens with one attached hydrogen (secondary N) is 1. The molecule has 40 heavy (non-hydrogen) atoms. The summed E-state index contributed by atoms with van der Waals surface area (Å²) in [6.45, 7) is 4.75. The molecule has 0 spiro atoms. The number of aromatic carboxylic acids is 1. The number of carbonyl (C=O) groups is 2. The molecule has 1 fully saturated rings. The molecule has 0 bridgehead atoms. The number of aliphatic carboxylic acids is 1. The minimum absolute atomic E-state index is 0.0118. The molecule has 1 heterocycles. The van der Waals surface area contributed by atoms with Gasteiger partial charge in [-0.05, 0) is 55.0 Å². The highest BCUT2D eigenvalue weighted by molar-refractivity contribution is 7.92. The predicted octanol–water partition coefficient (Wildman–Crippen LogP) is 5.11. The fraction of sp³-hybridized carbons (Fsp3) is 0.231. The minimum atomic E-state index is -5.08. The molecule has 0 aromatic heterocycles. The van der Waals surface area contributed by atoms with Crippen molar-refractivity contribution in [3.05, 3.63) is 82.9 Å². The first-order valence-corrected chi connectivity index (χ1v) is 13.6. The number of carboxylic acid groups (broad SMARTS) is 2. The van der Waals surface area contributed by atoms with E-state index in [9.17, 15) is 31.5 Å². The third-order valence-corrected chi connectivity index (χ3v) is 7.53. The van der Waals surface area contributed by atoms with Crippen LogP contribution in [0, 0.1) is 6.92 Å². The molecule has 0 aliphatic carbocycles. The van der Waals surface area contributed by atoms with E-state index in [1.165, 1.54) is 24.3 Å². The summed E-state index contributed by atoms with van der Waals surface area (Å²) in [6.07, 6.45) is -5.08. The fourth-order valence-electron chi connectivity index (χ4n) is 3.94. The van der Waals surface area contributed by atoms with E-state index in [1.54, 1.807) is 24.3 Å². The summed E-state index contributed by atoms with van der Waals surface area (Å²) in [6, 6.07) is 18.3. The van der Waals surface area contributed by atoms with E-state index in [0.29, 0.717) is 36.9 Å². The first kappa shape index (κ1) is 30.6. The van der Waals surface area contributed by atoms with E-state index in [0.717, 1.165) is 11.3 Å². The number of sulfonamides is 1. The van der Waals surface area contributed by atoms with Gasteiger partial charge in [-0.3, -0.25) is 4.72 Å². The zero-order valence-corrected chi connectivity index (χ0v) is 22.6. The highest BCUT2D eigenvalue weighted by Crippen LogP contribution is 2.32. The number of nitrogens with zero attached hydrogens (tertiary/aromatic N) is 2. The summed E-state index contributed by atoms with van der Waals surface area (Å²) < 4.78 is 60.2. The largest absolute Gasteiger partial charge is 0.490 e.